The summed E-state index contributed by atoms with van der Waals surface area (Å²) in [6, 6.07) is 6.11. The van der Waals surface area contributed by atoms with E-state index in [-0.39, 0.29) is 16.9 Å². The molecule has 0 N–H and O–H groups in total. The summed E-state index contributed by atoms with van der Waals surface area (Å²) in [5.74, 6) is -0.736. The number of methoxy groups -OCH3 is 1. The van der Waals surface area contributed by atoms with Gasteiger partial charge in [-0.15, -0.1) is 0 Å². The van der Waals surface area contributed by atoms with Crippen LogP contribution in [0, 0.1) is 0 Å². The van der Waals surface area contributed by atoms with Gasteiger partial charge in [-0.1, -0.05) is 0 Å². The molecular weight excluding hydrogens is 261 g/mol. The van der Waals surface area contributed by atoms with Gasteiger partial charge < -0.3 is 9.15 Å². The second kappa shape index (κ2) is 4.79. The van der Waals surface area contributed by atoms with E-state index in [2.05, 4.69) is 4.74 Å². The molecule has 100 valence electrons. The number of rotatable bonds is 2. The highest BCUT2D eigenvalue weighted by Crippen LogP contribution is 2.37. The molecule has 0 spiro atoms. The molecule has 0 bridgehead atoms. The minimum Gasteiger partial charge on any atom is -0.465 e. The lowest BCUT2D eigenvalue weighted by Crippen LogP contribution is -2.10. The molecule has 3 nitrogen and oxygen atoms in total. The van der Waals surface area contributed by atoms with Gasteiger partial charge in [0.1, 0.15) is 5.76 Å². The first kappa shape index (κ1) is 13.2. The van der Waals surface area contributed by atoms with E-state index in [0.717, 1.165) is 13.2 Å². The van der Waals surface area contributed by atoms with E-state index in [4.69, 9.17) is 4.42 Å². The van der Waals surface area contributed by atoms with Crippen molar-refractivity contribution in [2.24, 2.45) is 0 Å². The maximum atomic E-state index is 13.0. The molecule has 0 fully saturated rings. The molecule has 2 aromatic rings. The predicted octanol–water partition coefficient (Wildman–Crippen LogP) is 3.75. The van der Waals surface area contributed by atoms with Gasteiger partial charge in [0, 0.05) is 5.56 Å². The quantitative estimate of drug-likeness (QED) is 0.780. The van der Waals surface area contributed by atoms with E-state index in [1.165, 1.54) is 30.5 Å². The number of carbonyl (C=O) groups is 1. The molecule has 0 radical (unpaired) electrons. The SMILES string of the molecule is COC(=O)c1ccc(-c2ccco2)c(C(F)(F)F)c1. The van der Waals surface area contributed by atoms with Crippen molar-refractivity contribution >= 4 is 5.97 Å². The van der Waals surface area contributed by atoms with Gasteiger partial charge in [0.05, 0.1) is 24.5 Å². The van der Waals surface area contributed by atoms with Crippen LogP contribution in [0.4, 0.5) is 13.2 Å². The zero-order valence-corrected chi connectivity index (χ0v) is 9.82. The Labute approximate surface area is 106 Å². The van der Waals surface area contributed by atoms with Crippen molar-refractivity contribution in [3.63, 3.8) is 0 Å². The number of esters is 1. The highest BCUT2D eigenvalue weighted by Gasteiger charge is 2.35. The zero-order chi connectivity index (χ0) is 14.0. The first-order valence-corrected chi connectivity index (χ1v) is 5.27. The van der Waals surface area contributed by atoms with Crippen LogP contribution in [-0.2, 0) is 10.9 Å². The average Bonchev–Trinajstić information content (AvgIpc) is 2.90. The normalized spacial score (nSPS) is 11.4. The maximum Gasteiger partial charge on any atom is 0.417 e. The van der Waals surface area contributed by atoms with Gasteiger partial charge >= 0.3 is 12.1 Å². The summed E-state index contributed by atoms with van der Waals surface area (Å²) >= 11 is 0. The largest absolute Gasteiger partial charge is 0.465 e. The van der Waals surface area contributed by atoms with Crippen molar-refractivity contribution in [2.45, 2.75) is 6.18 Å². The van der Waals surface area contributed by atoms with Crippen molar-refractivity contribution < 1.29 is 27.1 Å². The maximum absolute atomic E-state index is 13.0. The summed E-state index contributed by atoms with van der Waals surface area (Å²) in [4.78, 5) is 11.3. The van der Waals surface area contributed by atoms with Gasteiger partial charge in [-0.25, -0.2) is 4.79 Å². The van der Waals surface area contributed by atoms with Gasteiger partial charge in [0.15, 0.2) is 0 Å². The lowest BCUT2D eigenvalue weighted by atomic mass is 10.0. The van der Waals surface area contributed by atoms with E-state index < -0.39 is 17.7 Å². The molecule has 0 amide bonds. The number of benzene rings is 1. The summed E-state index contributed by atoms with van der Waals surface area (Å²) in [5, 5.41) is 0. The molecule has 1 aromatic heterocycles. The number of hydrogen-bond donors (Lipinski definition) is 0. The highest BCUT2D eigenvalue weighted by molar-refractivity contribution is 5.90. The van der Waals surface area contributed by atoms with Crippen LogP contribution in [0.2, 0.25) is 0 Å². The molecule has 0 saturated carbocycles. The minimum atomic E-state index is -4.59. The Hall–Kier alpha value is -2.24. The molecule has 0 aliphatic carbocycles. The molecule has 19 heavy (non-hydrogen) atoms. The van der Waals surface area contributed by atoms with Gasteiger partial charge in [0.25, 0.3) is 0 Å². The van der Waals surface area contributed by atoms with Crippen LogP contribution >= 0.6 is 0 Å². The van der Waals surface area contributed by atoms with Crippen molar-refractivity contribution in [1.82, 2.24) is 0 Å². The monoisotopic (exact) mass is 270 g/mol. The van der Waals surface area contributed by atoms with Crippen LogP contribution in [0.1, 0.15) is 15.9 Å². The Bertz CT molecular complexity index is 586. The second-order valence-corrected chi connectivity index (χ2v) is 3.73. The second-order valence-electron chi connectivity index (χ2n) is 3.73. The summed E-state index contributed by atoms with van der Waals surface area (Å²) in [6.07, 6.45) is -3.31. The summed E-state index contributed by atoms with van der Waals surface area (Å²) in [6.45, 7) is 0. The molecule has 1 heterocycles. The van der Waals surface area contributed by atoms with Crippen molar-refractivity contribution in [3.05, 3.63) is 47.7 Å². The third-order valence-electron chi connectivity index (χ3n) is 2.53. The lowest BCUT2D eigenvalue weighted by molar-refractivity contribution is -0.137. The molecule has 0 atom stereocenters. The molecular formula is C13H9F3O3. The zero-order valence-electron chi connectivity index (χ0n) is 9.82. The van der Waals surface area contributed by atoms with E-state index in [0.29, 0.717) is 0 Å². The van der Waals surface area contributed by atoms with Crippen molar-refractivity contribution in [1.29, 1.82) is 0 Å². The van der Waals surface area contributed by atoms with Gasteiger partial charge in [-0.2, -0.15) is 13.2 Å². The van der Waals surface area contributed by atoms with E-state index in [9.17, 15) is 18.0 Å². The summed E-state index contributed by atoms with van der Waals surface area (Å²) in [7, 11) is 1.11. The molecule has 0 saturated heterocycles. The Balaban J connectivity index is 2.59. The minimum absolute atomic E-state index is 0.0868. The smallest absolute Gasteiger partial charge is 0.417 e. The van der Waals surface area contributed by atoms with Gasteiger partial charge in [0.2, 0.25) is 0 Å². The van der Waals surface area contributed by atoms with Crippen LogP contribution in [0.25, 0.3) is 11.3 Å². The van der Waals surface area contributed by atoms with Crippen LogP contribution < -0.4 is 0 Å². The molecule has 1 aromatic carbocycles. The average molecular weight is 270 g/mol. The van der Waals surface area contributed by atoms with E-state index >= 15 is 0 Å². The Kier molecular flexibility index (Phi) is 3.33. The molecule has 0 aliphatic rings. The standard InChI is InChI=1S/C13H9F3O3/c1-18-12(17)8-4-5-9(11-3-2-6-19-11)10(7-8)13(14,15)16/h2-7H,1H3. The number of hydrogen-bond acceptors (Lipinski definition) is 3. The number of halogens is 3. The van der Waals surface area contributed by atoms with Crippen LogP contribution in [0.15, 0.2) is 41.0 Å². The first-order chi connectivity index (χ1) is 8.93. The molecule has 0 unspecified atom stereocenters. The van der Waals surface area contributed by atoms with Crippen molar-refractivity contribution in [3.8, 4) is 11.3 Å². The van der Waals surface area contributed by atoms with Crippen LogP contribution in [0.5, 0.6) is 0 Å². The topological polar surface area (TPSA) is 39.4 Å². The Morgan fingerprint density at radius 1 is 1.26 bits per heavy atom. The first-order valence-electron chi connectivity index (χ1n) is 5.27. The van der Waals surface area contributed by atoms with Crippen LogP contribution in [0.3, 0.4) is 0 Å². The number of furan rings is 1. The lowest BCUT2D eigenvalue weighted by Gasteiger charge is -2.12. The fourth-order valence-electron chi connectivity index (χ4n) is 1.67. The van der Waals surface area contributed by atoms with E-state index in [1.807, 2.05) is 0 Å². The fraction of sp³-hybridized carbons (Fsp3) is 0.154. The van der Waals surface area contributed by atoms with Gasteiger partial charge in [-0.3, -0.25) is 0 Å². The predicted molar refractivity (Wildman–Crippen MR) is 60.5 cm³/mol. The summed E-state index contributed by atoms with van der Waals surface area (Å²) < 4.78 is 48.4. The Morgan fingerprint density at radius 2 is 2.00 bits per heavy atom. The van der Waals surface area contributed by atoms with Crippen molar-refractivity contribution in [2.75, 3.05) is 7.11 Å². The number of alkyl halides is 3. The third kappa shape index (κ3) is 2.62. The van der Waals surface area contributed by atoms with Crippen LogP contribution in [-0.4, -0.2) is 13.1 Å². The number of ether oxygens (including phenoxy) is 1. The third-order valence-corrected chi connectivity index (χ3v) is 2.53. The Morgan fingerprint density at radius 3 is 2.53 bits per heavy atom. The molecule has 6 heteroatoms. The highest BCUT2D eigenvalue weighted by atomic mass is 19.4. The fourth-order valence-corrected chi connectivity index (χ4v) is 1.67. The summed E-state index contributed by atoms with van der Waals surface area (Å²) in [5.41, 5.74) is -1.22. The molecule has 0 aliphatic heterocycles. The van der Waals surface area contributed by atoms with Gasteiger partial charge in [-0.05, 0) is 30.3 Å². The number of carbonyl (C=O) groups excluding carboxylic acids is 1. The molecule has 2 rings (SSSR count). The van der Waals surface area contributed by atoms with E-state index in [1.54, 1.807) is 0 Å².